The SMILES string of the molecule is CC(OC(=O)CC[C@H](NC(=O)N[C@@H](CCCCNC(=O)[C@H](Cc1ccc2ccccc2c1)NC(=O)C1CCC(CNC(=O)CN2CCN(CC(=O)O)CCN(CC(=O)O)CCN(CC(=O)O)CC2)CC1)C(=O)O)C(=O)O)OC(=O)[C@@H]1CCCN1C(=O)[C@H](CO)NC(=O)[C@@H]1CCCN1C(=O)[C@@H](C)NC(=O)c1ccncc1. The number of carbonyl (C=O) groups is 15. The van der Waals surface area contributed by atoms with Gasteiger partial charge in [-0.05, 0) is 118 Å². The molecule has 37 nitrogen and oxygen atoms in total. The minimum atomic E-state index is -1.75. The van der Waals surface area contributed by atoms with E-state index in [1.807, 2.05) is 47.4 Å². The number of aliphatic hydroxyl groups excluding tert-OH is 1. The lowest BCUT2D eigenvalue weighted by atomic mass is 9.81. The van der Waals surface area contributed by atoms with E-state index >= 15 is 0 Å². The first-order valence-corrected chi connectivity index (χ1v) is 37.1. The van der Waals surface area contributed by atoms with Crippen LogP contribution in [0.25, 0.3) is 10.8 Å². The number of carboxylic acids is 5. The number of nitrogens with zero attached hydrogens (tertiary/aromatic N) is 7. The van der Waals surface area contributed by atoms with E-state index in [2.05, 4.69) is 42.2 Å². The predicted molar refractivity (Wildman–Crippen MR) is 389 cm³/mol. The molecule has 3 aliphatic heterocycles. The van der Waals surface area contributed by atoms with Gasteiger partial charge in [-0.2, -0.15) is 0 Å². The van der Waals surface area contributed by atoms with Crippen molar-refractivity contribution in [1.29, 1.82) is 0 Å². The Morgan fingerprint density at radius 1 is 0.527 bits per heavy atom. The van der Waals surface area contributed by atoms with Crippen molar-refractivity contribution in [2.75, 3.05) is 111 Å². The second-order valence-corrected chi connectivity index (χ2v) is 28.0. The number of esters is 2. The van der Waals surface area contributed by atoms with Crippen LogP contribution in [0.2, 0.25) is 0 Å². The molecule has 13 N–H and O–H groups in total. The quantitative estimate of drug-likeness (QED) is 0.0180. The molecule has 0 spiro atoms. The van der Waals surface area contributed by atoms with Crippen LogP contribution in [0.1, 0.15) is 113 Å². The average Bonchev–Trinajstić information content (AvgIpc) is 1.60. The number of likely N-dealkylation sites (tertiary alicyclic amines) is 2. The number of aliphatic carboxylic acids is 5. The third-order valence-corrected chi connectivity index (χ3v) is 19.8. The molecule has 1 unspecified atom stereocenters. The first-order valence-electron chi connectivity index (χ1n) is 37.1. The number of unbranched alkanes of at least 4 members (excludes halogenated alkanes) is 1. The second-order valence-electron chi connectivity index (χ2n) is 28.0. The number of carboxylic acid groups (broad SMARTS) is 5. The summed E-state index contributed by atoms with van der Waals surface area (Å²) in [6.45, 7) is 3.30. The number of hydrogen-bond donors (Lipinski definition) is 13. The van der Waals surface area contributed by atoms with Gasteiger partial charge >= 0.3 is 47.8 Å². The number of carbonyl (C=O) groups excluding carboxylic acids is 10. The summed E-state index contributed by atoms with van der Waals surface area (Å²) in [7, 11) is 0. The van der Waals surface area contributed by atoms with Gasteiger partial charge in [0.15, 0.2) is 0 Å². The van der Waals surface area contributed by atoms with E-state index in [9.17, 15) is 103 Å². The Morgan fingerprint density at radius 2 is 1.06 bits per heavy atom. The summed E-state index contributed by atoms with van der Waals surface area (Å²) in [6.07, 6.45) is 3.47. The minimum Gasteiger partial charge on any atom is -0.480 e. The maximum Gasteiger partial charge on any atom is 0.331 e. The van der Waals surface area contributed by atoms with E-state index in [0.717, 1.165) is 21.2 Å². The van der Waals surface area contributed by atoms with Crippen LogP contribution in [-0.2, 0) is 78.2 Å². The largest absolute Gasteiger partial charge is 0.480 e. The Hall–Kier alpha value is -10.5. The molecule has 9 amide bonds. The van der Waals surface area contributed by atoms with Crippen molar-refractivity contribution in [3.63, 3.8) is 0 Å². The number of aromatic nitrogens is 1. The molecule has 1 aliphatic carbocycles. The molecule has 3 saturated heterocycles. The maximum atomic E-state index is 14.0. The summed E-state index contributed by atoms with van der Waals surface area (Å²) in [5, 5.41) is 79.1. The molecule has 1 aromatic heterocycles. The molecule has 0 bridgehead atoms. The van der Waals surface area contributed by atoms with Crippen molar-refractivity contribution >= 4 is 99.9 Å². The average molecular weight is 1540 g/mol. The Kier molecular flexibility index (Phi) is 34.4. The number of nitrogens with one attached hydrogen (secondary N) is 7. The molecule has 8 atom stereocenters. The van der Waals surface area contributed by atoms with Crippen LogP contribution in [0.5, 0.6) is 0 Å². The highest BCUT2D eigenvalue weighted by atomic mass is 16.7. The summed E-state index contributed by atoms with van der Waals surface area (Å²) >= 11 is 0. The highest BCUT2D eigenvalue weighted by molar-refractivity contribution is 5.99. The highest BCUT2D eigenvalue weighted by Gasteiger charge is 2.43. The molecule has 2 aromatic carbocycles. The number of fused-ring (bicyclic) bond motifs is 1. The van der Waals surface area contributed by atoms with E-state index in [4.69, 9.17) is 9.47 Å². The van der Waals surface area contributed by atoms with E-state index in [1.54, 1.807) is 14.7 Å². The first-order chi connectivity index (χ1) is 52.5. The van der Waals surface area contributed by atoms with Crippen molar-refractivity contribution in [1.82, 2.24) is 71.6 Å². The molecule has 602 valence electrons. The third-order valence-electron chi connectivity index (χ3n) is 19.8. The van der Waals surface area contributed by atoms with Crippen LogP contribution in [0.15, 0.2) is 67.0 Å². The third kappa shape index (κ3) is 28.2. The van der Waals surface area contributed by atoms with Crippen LogP contribution in [0, 0.1) is 11.8 Å². The second kappa shape index (κ2) is 43.6. The zero-order valence-corrected chi connectivity index (χ0v) is 61.8. The monoisotopic (exact) mass is 1540 g/mol. The van der Waals surface area contributed by atoms with Crippen LogP contribution in [0.3, 0.4) is 0 Å². The molecule has 4 aliphatic rings. The lowest BCUT2D eigenvalue weighted by molar-refractivity contribution is -0.188. The van der Waals surface area contributed by atoms with Gasteiger partial charge in [0.05, 0.1) is 32.8 Å². The number of aliphatic hydroxyl groups is 1. The maximum absolute atomic E-state index is 14.0. The van der Waals surface area contributed by atoms with Gasteiger partial charge in [0.2, 0.25) is 41.7 Å². The molecular formula is C73H102N14O23. The van der Waals surface area contributed by atoms with Gasteiger partial charge in [0, 0.05) is 122 Å². The molecule has 4 heterocycles. The van der Waals surface area contributed by atoms with Gasteiger partial charge in [-0.25, -0.2) is 19.2 Å². The topological polar surface area (TPSA) is 512 Å². The minimum absolute atomic E-state index is 0.0182. The van der Waals surface area contributed by atoms with Crippen molar-refractivity contribution in [2.24, 2.45) is 11.8 Å². The Balaban J connectivity index is 0.826. The first kappa shape index (κ1) is 86.7. The summed E-state index contributed by atoms with van der Waals surface area (Å²) in [4.78, 5) is 207. The Bertz CT molecular complexity index is 3680. The molecule has 3 aromatic rings. The molecule has 37 heteroatoms. The van der Waals surface area contributed by atoms with Crippen LogP contribution in [0.4, 0.5) is 4.79 Å². The number of hydrogen-bond acceptors (Lipinski definition) is 23. The van der Waals surface area contributed by atoms with Crippen molar-refractivity contribution in [3.8, 4) is 0 Å². The summed E-state index contributed by atoms with van der Waals surface area (Å²) in [6, 6.07) is 5.89. The summed E-state index contributed by atoms with van der Waals surface area (Å²) < 4.78 is 10.5. The molecular weight excluding hydrogens is 1440 g/mol. The molecule has 4 fully saturated rings. The van der Waals surface area contributed by atoms with Gasteiger partial charge in [-0.15, -0.1) is 0 Å². The molecule has 1 saturated carbocycles. The van der Waals surface area contributed by atoms with Crippen molar-refractivity contribution < 1.29 is 112 Å². The number of urea groups is 1. The normalized spacial score (nSPS) is 19.9. The van der Waals surface area contributed by atoms with Gasteiger partial charge in [-0.1, -0.05) is 42.5 Å². The number of rotatable bonds is 37. The fourth-order valence-corrected chi connectivity index (χ4v) is 13.8. The van der Waals surface area contributed by atoms with Gasteiger partial charge < -0.3 is 87.1 Å². The van der Waals surface area contributed by atoms with E-state index < -0.39 is 151 Å². The predicted octanol–water partition coefficient (Wildman–Crippen LogP) is -1.36. The lowest BCUT2D eigenvalue weighted by Crippen LogP contribution is -2.58. The van der Waals surface area contributed by atoms with Gasteiger partial charge in [-0.3, -0.25) is 77.3 Å². The van der Waals surface area contributed by atoms with Gasteiger partial charge in [0.25, 0.3) is 5.91 Å². The summed E-state index contributed by atoms with van der Waals surface area (Å²) in [5.41, 5.74) is 1.03. The van der Waals surface area contributed by atoms with Crippen LogP contribution >= 0.6 is 0 Å². The zero-order chi connectivity index (χ0) is 80.0. The fourth-order valence-electron chi connectivity index (χ4n) is 13.8. The molecule has 0 radical (unpaired) electrons. The number of benzene rings is 2. The van der Waals surface area contributed by atoms with Crippen LogP contribution < -0.4 is 37.2 Å². The lowest BCUT2D eigenvalue weighted by Gasteiger charge is -2.33. The van der Waals surface area contributed by atoms with Gasteiger partial charge in [0.1, 0.15) is 42.3 Å². The van der Waals surface area contributed by atoms with Crippen molar-refractivity contribution in [3.05, 3.63) is 78.1 Å². The Morgan fingerprint density at radius 3 is 1.63 bits per heavy atom. The molecule has 110 heavy (non-hydrogen) atoms. The van der Waals surface area contributed by atoms with E-state index in [0.29, 0.717) is 45.1 Å². The fraction of sp³-hybridized carbons (Fsp3) is 0.589. The Labute approximate surface area is 634 Å². The number of pyridine rings is 1. The summed E-state index contributed by atoms with van der Waals surface area (Å²) in [5.74, 6) is -12.6. The number of amides is 9. The van der Waals surface area contributed by atoms with Crippen LogP contribution in [-0.4, -0.2) is 314 Å². The van der Waals surface area contributed by atoms with E-state index in [1.165, 1.54) is 43.3 Å². The highest BCUT2D eigenvalue weighted by Crippen LogP contribution is 2.30. The standard InChI is InChI=1S/C73H102N14O23/c1-45(77-64(97)51-22-25-74-26-23-51)68(101)86-27-7-12-57(86)67(100)79-56(44-88)69(102)87-28-8-13-58(87)72(107)110-46(2)109-63(96)21-20-54(71(105)106)81-73(108)80-53(70(103)104)11-5-6-24-75-66(99)55(38-48-16-17-49-9-3-4-10-52(49)37-48)78-65(98)50-18-14-47(15-19-50)39-76-59(89)40-82-29-31-83(41-60(90)91)33-35-85(43-62(94)95)36-34-84(32-30-82)42-61(92)93/h3-4,9-10,16-17,22-23,25-26,37,45-47,50,53-58,88H,5-8,11-15,18-21,24,27-36,38-44H2,1-2H3,(H,75,99)(H,76,89)(H,77,97)(H,78,98)(H,79,100)(H,90,91)(H,92,93)(H,94,95)(H,103,104)(H,105,106)(H2,80,81,108)/t45-,46?,47?,50?,53+,54+,55+,56+,57+,58+/m1/s1. The zero-order valence-electron chi connectivity index (χ0n) is 61.8. The van der Waals surface area contributed by atoms with Crippen molar-refractivity contribution in [2.45, 2.75) is 152 Å². The number of ether oxygens (including phenoxy) is 2. The van der Waals surface area contributed by atoms with E-state index in [-0.39, 0.29) is 160 Å². The smallest absolute Gasteiger partial charge is 0.331 e. The molecule has 7 rings (SSSR count).